The van der Waals surface area contributed by atoms with E-state index in [0.717, 1.165) is 35.4 Å². The van der Waals surface area contributed by atoms with Crippen LogP contribution in [0.4, 0.5) is 0 Å². The maximum atomic E-state index is 10.1. The van der Waals surface area contributed by atoms with Crippen molar-refractivity contribution in [1.29, 1.82) is 0 Å². The monoisotopic (exact) mass is 331 g/mol. The minimum absolute atomic E-state index is 0.252. The number of aliphatic hydroxyl groups excluding tert-OH is 1. The van der Waals surface area contributed by atoms with Crippen molar-refractivity contribution in [3.63, 3.8) is 0 Å². The highest BCUT2D eigenvalue weighted by molar-refractivity contribution is 5.60. The largest absolute Gasteiger partial charge is 0.490 e. The van der Waals surface area contributed by atoms with E-state index in [1.807, 2.05) is 39.1 Å². The Morgan fingerprint density at radius 2 is 2.08 bits per heavy atom. The number of likely N-dealkylation sites (N-methyl/N-ethyl adjacent to an activating group) is 1. The third-order valence-electron chi connectivity index (χ3n) is 3.72. The second-order valence-electron chi connectivity index (χ2n) is 5.98. The lowest BCUT2D eigenvalue weighted by atomic mass is 10.1. The summed E-state index contributed by atoms with van der Waals surface area (Å²) in [5.41, 5.74) is 2.83. The Balaban J connectivity index is 1.96. The van der Waals surface area contributed by atoms with E-state index in [4.69, 9.17) is 4.74 Å². The van der Waals surface area contributed by atoms with Crippen molar-refractivity contribution in [2.75, 3.05) is 26.7 Å². The van der Waals surface area contributed by atoms with Crippen LogP contribution in [0.25, 0.3) is 11.4 Å². The summed E-state index contributed by atoms with van der Waals surface area (Å²) in [6.07, 6.45) is 2.23. The summed E-state index contributed by atoms with van der Waals surface area (Å²) >= 11 is 0. The molecule has 7 heteroatoms. The molecule has 24 heavy (non-hydrogen) atoms. The Bertz CT molecular complexity index is 634. The molecular weight excluding hydrogens is 306 g/mol. The molecule has 0 aliphatic carbocycles. The van der Waals surface area contributed by atoms with Gasteiger partial charge in [0.15, 0.2) is 0 Å². The SMILES string of the molecule is C=CCCN(C)CC(O)COc1c(C)cc(-c2nn[nH]n2)cc1C. The van der Waals surface area contributed by atoms with Gasteiger partial charge >= 0.3 is 0 Å². The van der Waals surface area contributed by atoms with Crippen molar-refractivity contribution < 1.29 is 9.84 Å². The Labute approximate surface area is 142 Å². The quantitative estimate of drug-likeness (QED) is 0.681. The number of hydrogen-bond donors (Lipinski definition) is 2. The van der Waals surface area contributed by atoms with Crippen LogP contribution in [0.2, 0.25) is 0 Å². The molecule has 2 rings (SSSR count). The standard InChI is InChI=1S/C17H25N5O2/c1-5-6-7-22(4)10-15(23)11-24-16-12(2)8-14(9-13(16)3)17-18-20-21-19-17/h5,8-9,15,23H,1,6-7,10-11H2,2-4H3,(H,18,19,20,21). The van der Waals surface area contributed by atoms with E-state index in [2.05, 4.69) is 32.1 Å². The zero-order valence-corrected chi connectivity index (χ0v) is 14.5. The number of aromatic nitrogens is 4. The highest BCUT2D eigenvalue weighted by atomic mass is 16.5. The van der Waals surface area contributed by atoms with Crippen LogP contribution >= 0.6 is 0 Å². The molecular formula is C17H25N5O2. The molecule has 1 atom stereocenters. The molecule has 0 saturated carbocycles. The Hall–Kier alpha value is -2.25. The van der Waals surface area contributed by atoms with Gasteiger partial charge < -0.3 is 14.7 Å². The van der Waals surface area contributed by atoms with Gasteiger partial charge in [0.05, 0.1) is 0 Å². The number of tetrazole rings is 1. The summed E-state index contributed by atoms with van der Waals surface area (Å²) in [4.78, 5) is 2.06. The second kappa shape index (κ2) is 8.56. The molecule has 0 bridgehead atoms. The van der Waals surface area contributed by atoms with Crippen LogP contribution in [-0.2, 0) is 0 Å². The van der Waals surface area contributed by atoms with Crippen LogP contribution < -0.4 is 4.74 Å². The molecule has 130 valence electrons. The van der Waals surface area contributed by atoms with Crippen molar-refractivity contribution in [3.8, 4) is 17.1 Å². The number of ether oxygens (including phenoxy) is 1. The van der Waals surface area contributed by atoms with Crippen LogP contribution in [0.15, 0.2) is 24.8 Å². The van der Waals surface area contributed by atoms with E-state index in [0.29, 0.717) is 12.4 Å². The van der Waals surface area contributed by atoms with Gasteiger partial charge in [0.25, 0.3) is 0 Å². The third kappa shape index (κ3) is 4.87. The van der Waals surface area contributed by atoms with Gasteiger partial charge in [-0.05, 0) is 55.8 Å². The molecule has 1 aromatic heterocycles. The van der Waals surface area contributed by atoms with Crippen molar-refractivity contribution in [2.45, 2.75) is 26.4 Å². The van der Waals surface area contributed by atoms with E-state index < -0.39 is 6.10 Å². The minimum Gasteiger partial charge on any atom is -0.490 e. The number of aliphatic hydroxyl groups is 1. The van der Waals surface area contributed by atoms with Crippen LogP contribution in [0.5, 0.6) is 5.75 Å². The highest BCUT2D eigenvalue weighted by Crippen LogP contribution is 2.28. The Kier molecular flexibility index (Phi) is 6.45. The first-order chi connectivity index (χ1) is 11.5. The number of aryl methyl sites for hydroxylation is 2. The first kappa shape index (κ1) is 18.1. The van der Waals surface area contributed by atoms with Gasteiger partial charge in [0.2, 0.25) is 5.82 Å². The first-order valence-electron chi connectivity index (χ1n) is 7.96. The molecule has 0 radical (unpaired) electrons. The molecule has 0 aliphatic heterocycles. The maximum absolute atomic E-state index is 10.1. The highest BCUT2D eigenvalue weighted by Gasteiger charge is 2.13. The molecule has 2 aromatic rings. The Morgan fingerprint density at radius 3 is 2.67 bits per heavy atom. The van der Waals surface area contributed by atoms with Gasteiger partial charge in [-0.1, -0.05) is 6.08 Å². The van der Waals surface area contributed by atoms with E-state index in [1.165, 1.54) is 0 Å². The summed E-state index contributed by atoms with van der Waals surface area (Å²) in [5, 5.41) is 24.1. The van der Waals surface area contributed by atoms with Gasteiger partial charge in [0.1, 0.15) is 18.5 Å². The molecule has 7 nitrogen and oxygen atoms in total. The molecule has 0 aliphatic rings. The fourth-order valence-electron chi connectivity index (χ4n) is 2.59. The summed E-state index contributed by atoms with van der Waals surface area (Å²) in [7, 11) is 1.98. The van der Waals surface area contributed by atoms with E-state index in [1.54, 1.807) is 0 Å². The topological polar surface area (TPSA) is 87.2 Å². The molecule has 0 amide bonds. The number of benzene rings is 1. The molecule has 1 unspecified atom stereocenters. The van der Waals surface area contributed by atoms with Gasteiger partial charge in [-0.15, -0.1) is 16.8 Å². The predicted octanol–water partition coefficient (Wildman–Crippen LogP) is 1.73. The van der Waals surface area contributed by atoms with E-state index in [-0.39, 0.29) is 6.61 Å². The number of nitrogens with zero attached hydrogens (tertiary/aromatic N) is 4. The molecule has 0 spiro atoms. The Morgan fingerprint density at radius 1 is 1.38 bits per heavy atom. The van der Waals surface area contributed by atoms with Crippen molar-refractivity contribution in [2.24, 2.45) is 0 Å². The summed E-state index contributed by atoms with van der Waals surface area (Å²) in [5.74, 6) is 1.34. The maximum Gasteiger partial charge on any atom is 0.204 e. The minimum atomic E-state index is -0.546. The predicted molar refractivity (Wildman–Crippen MR) is 92.9 cm³/mol. The van der Waals surface area contributed by atoms with Crippen LogP contribution in [-0.4, -0.2) is 63.5 Å². The fourth-order valence-corrected chi connectivity index (χ4v) is 2.59. The molecule has 0 fully saturated rings. The summed E-state index contributed by atoms with van der Waals surface area (Å²) in [6.45, 7) is 9.32. The number of rotatable bonds is 9. The first-order valence-corrected chi connectivity index (χ1v) is 7.96. The number of nitrogens with one attached hydrogen (secondary N) is 1. The smallest absolute Gasteiger partial charge is 0.204 e. The van der Waals surface area contributed by atoms with Crippen molar-refractivity contribution in [3.05, 3.63) is 35.9 Å². The lowest BCUT2D eigenvalue weighted by Gasteiger charge is -2.21. The molecule has 2 N–H and O–H groups in total. The molecule has 1 aromatic carbocycles. The van der Waals surface area contributed by atoms with Gasteiger partial charge in [-0.3, -0.25) is 0 Å². The molecule has 1 heterocycles. The lowest BCUT2D eigenvalue weighted by Crippen LogP contribution is -2.33. The third-order valence-corrected chi connectivity index (χ3v) is 3.72. The van der Waals surface area contributed by atoms with Gasteiger partial charge in [-0.25, -0.2) is 0 Å². The van der Waals surface area contributed by atoms with Crippen molar-refractivity contribution >= 4 is 0 Å². The van der Waals surface area contributed by atoms with Gasteiger partial charge in [0, 0.05) is 18.7 Å². The van der Waals surface area contributed by atoms with Crippen LogP contribution in [0.3, 0.4) is 0 Å². The van der Waals surface area contributed by atoms with Crippen LogP contribution in [0, 0.1) is 13.8 Å². The normalized spacial score (nSPS) is 12.4. The zero-order chi connectivity index (χ0) is 17.5. The van der Waals surface area contributed by atoms with Crippen LogP contribution in [0.1, 0.15) is 17.5 Å². The average molecular weight is 331 g/mol. The van der Waals surface area contributed by atoms with Crippen molar-refractivity contribution in [1.82, 2.24) is 25.5 Å². The van der Waals surface area contributed by atoms with E-state index in [9.17, 15) is 5.11 Å². The number of aromatic amines is 1. The average Bonchev–Trinajstić information content (AvgIpc) is 3.06. The summed E-state index contributed by atoms with van der Waals surface area (Å²) in [6, 6.07) is 3.91. The number of H-pyrrole nitrogens is 1. The summed E-state index contributed by atoms with van der Waals surface area (Å²) < 4.78 is 5.85. The second-order valence-corrected chi connectivity index (χ2v) is 5.98. The van der Waals surface area contributed by atoms with E-state index >= 15 is 0 Å². The lowest BCUT2D eigenvalue weighted by molar-refractivity contribution is 0.0763. The number of hydrogen-bond acceptors (Lipinski definition) is 6. The van der Waals surface area contributed by atoms with Gasteiger partial charge in [-0.2, -0.15) is 5.21 Å². The molecule has 0 saturated heterocycles. The zero-order valence-electron chi connectivity index (χ0n) is 14.5. The fraction of sp³-hybridized carbons (Fsp3) is 0.471.